The number of aryl methyl sites for hydroxylation is 2. The van der Waals surface area contributed by atoms with Crippen molar-refractivity contribution in [2.45, 2.75) is 128 Å². The number of carboxylic acid groups (broad SMARTS) is 2. The fourth-order valence-electron chi connectivity index (χ4n) is 9.49. The average Bonchev–Trinajstić information content (AvgIpc) is 3.93. The number of benzene rings is 3. The summed E-state index contributed by atoms with van der Waals surface area (Å²) < 4.78 is 0. The number of aromatic nitrogens is 1. The molecule has 0 bridgehead atoms. The number of nitrogens with zero attached hydrogens (tertiary/aromatic N) is 1. The standard InChI is InChI=1S/C51H63N7O10/c1-6-29(4)44(48(64)56-40(51(67)68)25-33-27-52-37-19-12-11-16-34(33)37)57-47(63)41-20-13-23-58(41)50(66)39(26-42(60)61)55-46(62)38(24-28(2)3)54-49(65)45(53-30(5)59)43-35-17-9-7-14-31(35)21-22-32-15-8-10-18-36(32)43/h7-12,14-19,27-29,38-41,43-45,52H,6,13,20-26H2,1-5H3,(H,53,59)(H,54,65)(H,55,62)(H,56,64)(H,57,63)(H,60,61)(H,67,68)/t29-,38-,39-,40-,41-,44-,45+/m0/s1. The number of fused-ring (bicyclic) bond motifs is 3. The van der Waals surface area contributed by atoms with Crippen LogP contribution in [0.25, 0.3) is 10.9 Å². The Morgan fingerprint density at radius 2 is 1.34 bits per heavy atom. The van der Waals surface area contributed by atoms with E-state index in [1.54, 1.807) is 13.1 Å². The lowest BCUT2D eigenvalue weighted by Crippen LogP contribution is -2.60. The van der Waals surface area contributed by atoms with Gasteiger partial charge >= 0.3 is 11.9 Å². The molecule has 362 valence electrons. The molecule has 0 radical (unpaired) electrons. The predicted octanol–water partition coefficient (Wildman–Crippen LogP) is 3.73. The van der Waals surface area contributed by atoms with Gasteiger partial charge in [-0.25, -0.2) is 4.79 Å². The maximum absolute atomic E-state index is 14.6. The number of aliphatic carboxylic acids is 2. The summed E-state index contributed by atoms with van der Waals surface area (Å²) >= 11 is 0. The van der Waals surface area contributed by atoms with Crippen LogP contribution in [0.2, 0.25) is 0 Å². The number of hydrogen-bond donors (Lipinski definition) is 8. The number of H-pyrrole nitrogens is 1. The summed E-state index contributed by atoms with van der Waals surface area (Å²) in [7, 11) is 0. The van der Waals surface area contributed by atoms with Crippen molar-refractivity contribution in [1.29, 1.82) is 0 Å². The van der Waals surface area contributed by atoms with E-state index in [1.807, 2.05) is 93.6 Å². The molecule has 17 heteroatoms. The first-order valence-corrected chi connectivity index (χ1v) is 23.4. The molecule has 3 aromatic carbocycles. The summed E-state index contributed by atoms with van der Waals surface area (Å²) in [6, 6.07) is 15.0. The molecular weight excluding hydrogens is 871 g/mol. The van der Waals surface area contributed by atoms with E-state index >= 15 is 0 Å². The Bertz CT molecular complexity index is 2470. The van der Waals surface area contributed by atoms with Crippen molar-refractivity contribution in [2.24, 2.45) is 11.8 Å². The van der Waals surface area contributed by atoms with Crippen molar-refractivity contribution in [3.8, 4) is 0 Å². The van der Waals surface area contributed by atoms with Crippen molar-refractivity contribution in [3.63, 3.8) is 0 Å². The van der Waals surface area contributed by atoms with Gasteiger partial charge in [-0.1, -0.05) is 101 Å². The van der Waals surface area contributed by atoms with E-state index < -0.39 is 102 Å². The topological polar surface area (TPSA) is 256 Å². The molecular formula is C51H63N7O10. The Kier molecular flexibility index (Phi) is 16.8. The largest absolute Gasteiger partial charge is 0.481 e. The summed E-state index contributed by atoms with van der Waals surface area (Å²) in [5, 5.41) is 34.5. The van der Waals surface area contributed by atoms with Crippen molar-refractivity contribution >= 4 is 58.3 Å². The zero-order chi connectivity index (χ0) is 49.2. The molecule has 68 heavy (non-hydrogen) atoms. The van der Waals surface area contributed by atoms with Gasteiger partial charge in [-0.15, -0.1) is 0 Å². The maximum Gasteiger partial charge on any atom is 0.326 e. The van der Waals surface area contributed by atoms with Gasteiger partial charge < -0.3 is 46.7 Å². The molecule has 6 rings (SSSR count). The van der Waals surface area contributed by atoms with E-state index in [1.165, 1.54) is 11.8 Å². The van der Waals surface area contributed by atoms with Gasteiger partial charge in [0.2, 0.25) is 35.4 Å². The van der Waals surface area contributed by atoms with E-state index in [0.29, 0.717) is 31.2 Å². The third-order valence-corrected chi connectivity index (χ3v) is 13.1. The fraction of sp³-hybridized carbons (Fsp3) is 0.451. The number of hydrogen-bond acceptors (Lipinski definition) is 8. The zero-order valence-corrected chi connectivity index (χ0v) is 39.2. The molecule has 1 aromatic heterocycles. The molecule has 6 amide bonds. The van der Waals surface area contributed by atoms with Crippen LogP contribution in [0.5, 0.6) is 0 Å². The number of para-hydroxylation sites is 1. The monoisotopic (exact) mass is 933 g/mol. The number of nitrogens with one attached hydrogen (secondary N) is 6. The van der Waals surface area contributed by atoms with Gasteiger partial charge in [-0.3, -0.25) is 33.6 Å². The first kappa shape index (κ1) is 50.4. The van der Waals surface area contributed by atoms with E-state index in [4.69, 9.17) is 0 Å². The number of rotatable bonds is 20. The number of aromatic amines is 1. The molecule has 1 aliphatic carbocycles. The Hall–Kier alpha value is -7.04. The lowest BCUT2D eigenvalue weighted by molar-refractivity contribution is -0.146. The minimum absolute atomic E-state index is 0.0327. The van der Waals surface area contributed by atoms with Gasteiger partial charge in [0.1, 0.15) is 36.3 Å². The van der Waals surface area contributed by atoms with Gasteiger partial charge in [0.25, 0.3) is 0 Å². The fourth-order valence-corrected chi connectivity index (χ4v) is 9.49. The lowest BCUT2D eigenvalue weighted by atomic mass is 9.82. The number of likely N-dealkylation sites (tertiary alicyclic amines) is 1. The lowest BCUT2D eigenvalue weighted by Gasteiger charge is -2.32. The second-order valence-corrected chi connectivity index (χ2v) is 18.4. The summed E-state index contributed by atoms with van der Waals surface area (Å²) in [6.07, 6.45) is 3.28. The zero-order valence-electron chi connectivity index (χ0n) is 39.2. The highest BCUT2D eigenvalue weighted by Gasteiger charge is 2.42. The van der Waals surface area contributed by atoms with E-state index in [9.17, 15) is 48.6 Å². The van der Waals surface area contributed by atoms with Crippen LogP contribution in [-0.2, 0) is 57.6 Å². The highest BCUT2D eigenvalue weighted by Crippen LogP contribution is 2.37. The van der Waals surface area contributed by atoms with Crippen molar-refractivity contribution in [1.82, 2.24) is 36.5 Å². The average molecular weight is 934 g/mol. The number of carbonyl (C=O) groups is 8. The van der Waals surface area contributed by atoms with E-state index in [-0.39, 0.29) is 31.7 Å². The quantitative estimate of drug-likeness (QED) is 0.0638. The smallest absolute Gasteiger partial charge is 0.326 e. The van der Waals surface area contributed by atoms with Crippen LogP contribution in [0.4, 0.5) is 0 Å². The molecule has 17 nitrogen and oxygen atoms in total. The summed E-state index contributed by atoms with van der Waals surface area (Å²) in [6.45, 7) is 8.57. The van der Waals surface area contributed by atoms with Gasteiger partial charge in [-0.05, 0) is 77.8 Å². The SMILES string of the molecule is CC[C@H](C)[C@H](NC(=O)[C@@H]1CCCN1C(=O)[C@H](CC(=O)O)NC(=O)[C@H](CC(C)C)NC(=O)[C@H](NC(C)=O)C1c2ccccc2CCc2ccccc21)C(=O)N[C@@H](Cc1c[nH]c2ccccc12)C(=O)O. The molecule has 1 aliphatic heterocycles. The maximum atomic E-state index is 14.6. The van der Waals surface area contributed by atoms with Gasteiger partial charge in [0.05, 0.1) is 6.42 Å². The Labute approximate surface area is 395 Å². The normalized spacial score (nSPS) is 17.3. The highest BCUT2D eigenvalue weighted by atomic mass is 16.4. The molecule has 0 unspecified atom stereocenters. The van der Waals surface area contributed by atoms with Crippen LogP contribution >= 0.6 is 0 Å². The van der Waals surface area contributed by atoms with Gasteiger partial charge in [0.15, 0.2) is 0 Å². The molecule has 4 aromatic rings. The van der Waals surface area contributed by atoms with Crippen LogP contribution in [-0.4, -0.2) is 110 Å². The third-order valence-electron chi connectivity index (χ3n) is 13.1. The molecule has 8 N–H and O–H groups in total. The molecule has 0 spiro atoms. The van der Waals surface area contributed by atoms with Crippen LogP contribution < -0.4 is 26.6 Å². The van der Waals surface area contributed by atoms with E-state index in [2.05, 4.69) is 31.6 Å². The molecule has 7 atom stereocenters. The Morgan fingerprint density at radius 3 is 1.94 bits per heavy atom. The first-order chi connectivity index (χ1) is 32.5. The van der Waals surface area contributed by atoms with Gasteiger partial charge in [0, 0.05) is 42.9 Å². The first-order valence-electron chi connectivity index (χ1n) is 23.4. The van der Waals surface area contributed by atoms with E-state index in [0.717, 1.165) is 33.2 Å². The molecule has 1 saturated heterocycles. The summed E-state index contributed by atoms with van der Waals surface area (Å²) in [4.78, 5) is 113. The summed E-state index contributed by atoms with van der Waals surface area (Å²) in [5.74, 6) is -8.13. The molecule has 2 aliphatic rings. The second-order valence-electron chi connectivity index (χ2n) is 18.4. The van der Waals surface area contributed by atoms with Crippen LogP contribution in [0.15, 0.2) is 79.0 Å². The highest BCUT2D eigenvalue weighted by molar-refractivity contribution is 5.98. The Balaban J connectivity index is 1.19. The molecule has 1 fully saturated rings. The summed E-state index contributed by atoms with van der Waals surface area (Å²) in [5.41, 5.74) is 5.23. The number of carbonyl (C=O) groups excluding carboxylic acids is 6. The van der Waals surface area contributed by atoms with Gasteiger partial charge in [-0.2, -0.15) is 0 Å². The van der Waals surface area contributed by atoms with Crippen molar-refractivity contribution in [3.05, 3.63) is 107 Å². The minimum atomic E-state index is -1.65. The van der Waals surface area contributed by atoms with Crippen molar-refractivity contribution < 1.29 is 48.6 Å². The molecule has 0 saturated carbocycles. The number of carboxylic acids is 2. The molecule has 2 heterocycles. The Morgan fingerprint density at radius 1 is 0.735 bits per heavy atom. The number of amides is 6. The van der Waals surface area contributed by atoms with Crippen LogP contribution in [0, 0.1) is 11.8 Å². The minimum Gasteiger partial charge on any atom is -0.481 e. The van der Waals surface area contributed by atoms with Crippen LogP contribution in [0.1, 0.15) is 100 Å². The third kappa shape index (κ3) is 12.1. The second kappa shape index (κ2) is 22.6. The van der Waals surface area contributed by atoms with Crippen molar-refractivity contribution in [2.75, 3.05) is 6.54 Å². The van der Waals surface area contributed by atoms with Crippen LogP contribution in [0.3, 0.4) is 0 Å². The predicted molar refractivity (Wildman–Crippen MR) is 253 cm³/mol.